The van der Waals surface area contributed by atoms with Gasteiger partial charge in [-0.25, -0.2) is 0 Å². The largest absolute Gasteiger partial charge is 0.299 e. The zero-order valence-corrected chi connectivity index (χ0v) is 11.6. The third-order valence-electron chi connectivity index (χ3n) is 3.48. The van der Waals surface area contributed by atoms with E-state index in [4.69, 9.17) is 0 Å². The van der Waals surface area contributed by atoms with Gasteiger partial charge in [0.05, 0.1) is 17.8 Å². The van der Waals surface area contributed by atoms with E-state index < -0.39 is 11.7 Å². The van der Waals surface area contributed by atoms with Crippen LogP contribution in [0.5, 0.6) is 0 Å². The number of Topliss-reactive ketones (excluding diaryl/α,β-unsaturated/α-hetero) is 2. The van der Waals surface area contributed by atoms with Crippen LogP contribution in [0.25, 0.3) is 0 Å². The lowest BCUT2D eigenvalue weighted by molar-refractivity contribution is -0.122. The fourth-order valence-corrected chi connectivity index (χ4v) is 2.25. The second kappa shape index (κ2) is 4.61. The SMILES string of the molecule is Cc1ccc(C)c2c1C(=O)C(=O)N2CC(=O)C(C)C. The fraction of sp³-hybridized carbons (Fsp3) is 0.400. The molecule has 0 fully saturated rings. The smallest absolute Gasteiger partial charge is 0.297 e. The second-order valence-electron chi connectivity index (χ2n) is 5.26. The number of carbonyl (C=O) groups is 3. The summed E-state index contributed by atoms with van der Waals surface area (Å²) < 4.78 is 0. The summed E-state index contributed by atoms with van der Waals surface area (Å²) in [5.41, 5.74) is 2.67. The van der Waals surface area contributed by atoms with Crippen LogP contribution in [0.3, 0.4) is 0 Å². The van der Waals surface area contributed by atoms with Crippen LogP contribution in [0, 0.1) is 19.8 Å². The maximum atomic E-state index is 12.0. The zero-order chi connectivity index (χ0) is 14.3. The molecular formula is C15H17NO3. The molecule has 1 aromatic carbocycles. The molecule has 1 aliphatic heterocycles. The molecule has 0 spiro atoms. The number of fused-ring (bicyclic) bond motifs is 1. The molecule has 2 rings (SSSR count). The first-order valence-electron chi connectivity index (χ1n) is 6.33. The first kappa shape index (κ1) is 13.5. The van der Waals surface area contributed by atoms with E-state index >= 15 is 0 Å². The summed E-state index contributed by atoms with van der Waals surface area (Å²) in [7, 11) is 0. The van der Waals surface area contributed by atoms with Gasteiger partial charge in [0.15, 0.2) is 5.78 Å². The summed E-state index contributed by atoms with van der Waals surface area (Å²) in [5.74, 6) is -1.30. The summed E-state index contributed by atoms with van der Waals surface area (Å²) in [5, 5.41) is 0. The van der Waals surface area contributed by atoms with Crippen LogP contribution >= 0.6 is 0 Å². The Balaban J connectivity index is 2.50. The van der Waals surface area contributed by atoms with Gasteiger partial charge in [-0.3, -0.25) is 19.3 Å². The quantitative estimate of drug-likeness (QED) is 0.781. The van der Waals surface area contributed by atoms with Crippen molar-refractivity contribution in [1.82, 2.24) is 0 Å². The topological polar surface area (TPSA) is 54.5 Å². The molecule has 0 aromatic heterocycles. The molecule has 100 valence electrons. The van der Waals surface area contributed by atoms with E-state index in [9.17, 15) is 14.4 Å². The lowest BCUT2D eigenvalue weighted by atomic mass is 10.0. The summed E-state index contributed by atoms with van der Waals surface area (Å²) in [6.45, 7) is 7.19. The van der Waals surface area contributed by atoms with Gasteiger partial charge in [-0.15, -0.1) is 0 Å². The Labute approximate surface area is 112 Å². The van der Waals surface area contributed by atoms with Crippen molar-refractivity contribution in [1.29, 1.82) is 0 Å². The number of hydrogen-bond donors (Lipinski definition) is 0. The first-order valence-corrected chi connectivity index (χ1v) is 6.33. The Morgan fingerprint density at radius 1 is 1.16 bits per heavy atom. The maximum Gasteiger partial charge on any atom is 0.299 e. The Bertz CT molecular complexity index is 587. The van der Waals surface area contributed by atoms with Crippen LogP contribution in [-0.2, 0) is 9.59 Å². The van der Waals surface area contributed by atoms with Gasteiger partial charge < -0.3 is 0 Å². The molecule has 4 heteroatoms. The molecule has 0 N–H and O–H groups in total. The molecular weight excluding hydrogens is 242 g/mol. The normalized spacial score (nSPS) is 14.3. The van der Waals surface area contributed by atoms with Gasteiger partial charge in [-0.05, 0) is 25.0 Å². The predicted molar refractivity (Wildman–Crippen MR) is 72.4 cm³/mol. The van der Waals surface area contributed by atoms with Gasteiger partial charge in [-0.2, -0.15) is 0 Å². The second-order valence-corrected chi connectivity index (χ2v) is 5.26. The van der Waals surface area contributed by atoms with E-state index in [1.165, 1.54) is 4.90 Å². The third kappa shape index (κ3) is 2.07. The highest BCUT2D eigenvalue weighted by Gasteiger charge is 2.39. The van der Waals surface area contributed by atoms with Gasteiger partial charge in [-0.1, -0.05) is 26.0 Å². The van der Waals surface area contributed by atoms with Crippen LogP contribution in [0.2, 0.25) is 0 Å². The molecule has 0 unspecified atom stereocenters. The van der Waals surface area contributed by atoms with Crippen LogP contribution in [0.1, 0.15) is 35.3 Å². The highest BCUT2D eigenvalue weighted by Crippen LogP contribution is 2.34. The minimum Gasteiger partial charge on any atom is -0.297 e. The van der Waals surface area contributed by atoms with Gasteiger partial charge in [0.1, 0.15) is 0 Å². The lowest BCUT2D eigenvalue weighted by Crippen LogP contribution is -2.36. The number of hydrogen-bond acceptors (Lipinski definition) is 3. The monoisotopic (exact) mass is 259 g/mol. The minimum atomic E-state index is -0.596. The molecule has 0 saturated carbocycles. The number of amides is 1. The van der Waals surface area contributed by atoms with E-state index in [-0.39, 0.29) is 18.2 Å². The summed E-state index contributed by atoms with van der Waals surface area (Å²) in [6.07, 6.45) is 0. The van der Waals surface area contributed by atoms with E-state index in [1.807, 2.05) is 19.1 Å². The number of rotatable bonds is 3. The average molecular weight is 259 g/mol. The van der Waals surface area contributed by atoms with E-state index in [0.717, 1.165) is 11.1 Å². The van der Waals surface area contributed by atoms with Crippen LogP contribution in [0.15, 0.2) is 12.1 Å². The lowest BCUT2D eigenvalue weighted by Gasteiger charge is -2.19. The van der Waals surface area contributed by atoms with Crippen LogP contribution < -0.4 is 4.90 Å². The Morgan fingerprint density at radius 2 is 1.74 bits per heavy atom. The molecule has 19 heavy (non-hydrogen) atoms. The Hall–Kier alpha value is -1.97. The minimum absolute atomic E-state index is 0.0282. The molecule has 0 aliphatic carbocycles. The molecule has 1 aliphatic rings. The number of aryl methyl sites for hydroxylation is 2. The first-order chi connectivity index (χ1) is 8.84. The van der Waals surface area contributed by atoms with Crippen molar-refractivity contribution in [2.75, 3.05) is 11.4 Å². The molecule has 1 aromatic rings. The molecule has 0 radical (unpaired) electrons. The standard InChI is InChI=1S/C15H17NO3/c1-8(2)11(17)7-16-13-10(4)6-5-9(3)12(13)14(18)15(16)19/h5-6,8H,7H2,1-4H3. The van der Waals surface area contributed by atoms with Crippen molar-refractivity contribution in [2.45, 2.75) is 27.7 Å². The van der Waals surface area contributed by atoms with E-state index in [1.54, 1.807) is 20.8 Å². The Kier molecular flexibility index (Phi) is 3.27. The van der Waals surface area contributed by atoms with Crippen LogP contribution in [0.4, 0.5) is 5.69 Å². The van der Waals surface area contributed by atoms with Crippen molar-refractivity contribution in [2.24, 2.45) is 5.92 Å². The van der Waals surface area contributed by atoms with Gasteiger partial charge in [0.2, 0.25) is 0 Å². The number of anilines is 1. The van der Waals surface area contributed by atoms with Crippen molar-refractivity contribution in [3.63, 3.8) is 0 Å². The zero-order valence-electron chi connectivity index (χ0n) is 11.6. The summed E-state index contributed by atoms with van der Waals surface area (Å²) >= 11 is 0. The predicted octanol–water partition coefficient (Wildman–Crippen LogP) is 2.06. The molecule has 4 nitrogen and oxygen atoms in total. The van der Waals surface area contributed by atoms with Gasteiger partial charge >= 0.3 is 0 Å². The number of carbonyl (C=O) groups excluding carboxylic acids is 3. The van der Waals surface area contributed by atoms with Crippen molar-refractivity contribution in [3.05, 3.63) is 28.8 Å². The molecule has 1 amide bonds. The highest BCUT2D eigenvalue weighted by molar-refractivity contribution is 6.53. The van der Waals surface area contributed by atoms with Gasteiger partial charge in [0, 0.05) is 5.92 Å². The van der Waals surface area contributed by atoms with E-state index in [0.29, 0.717) is 11.3 Å². The van der Waals surface area contributed by atoms with Crippen LogP contribution in [-0.4, -0.2) is 24.0 Å². The fourth-order valence-electron chi connectivity index (χ4n) is 2.25. The average Bonchev–Trinajstić information content (AvgIpc) is 2.60. The van der Waals surface area contributed by atoms with Crippen molar-refractivity contribution in [3.8, 4) is 0 Å². The number of benzene rings is 1. The summed E-state index contributed by atoms with van der Waals surface area (Å²) in [4.78, 5) is 37.3. The molecule has 1 heterocycles. The number of nitrogens with zero attached hydrogens (tertiary/aromatic N) is 1. The molecule has 0 saturated heterocycles. The van der Waals surface area contributed by atoms with Crippen molar-refractivity contribution >= 4 is 23.2 Å². The van der Waals surface area contributed by atoms with Crippen molar-refractivity contribution < 1.29 is 14.4 Å². The third-order valence-corrected chi connectivity index (χ3v) is 3.48. The maximum absolute atomic E-state index is 12.0. The molecule has 0 bridgehead atoms. The highest BCUT2D eigenvalue weighted by atomic mass is 16.2. The van der Waals surface area contributed by atoms with E-state index in [2.05, 4.69) is 0 Å². The number of ketones is 2. The Morgan fingerprint density at radius 3 is 2.32 bits per heavy atom. The summed E-state index contributed by atoms with van der Waals surface area (Å²) in [6, 6.07) is 3.69. The molecule has 0 atom stereocenters. The van der Waals surface area contributed by atoms with Gasteiger partial charge in [0.25, 0.3) is 11.7 Å².